The summed E-state index contributed by atoms with van der Waals surface area (Å²) in [5.74, 6) is -0.979. The number of nitrogens with one attached hydrogen (secondary N) is 2. The lowest BCUT2D eigenvalue weighted by Gasteiger charge is -2.36. The average Bonchev–Trinajstić information content (AvgIpc) is 3.27. The molecule has 30 heavy (non-hydrogen) atoms. The minimum atomic E-state index is -0.499. The van der Waals surface area contributed by atoms with E-state index in [1.165, 1.54) is 42.5 Å². The number of nitrogens with zero attached hydrogens (tertiary/aromatic N) is 2. The summed E-state index contributed by atoms with van der Waals surface area (Å²) in [4.78, 5) is 29.6. The van der Waals surface area contributed by atoms with Crippen LogP contribution in [0.25, 0.3) is 0 Å². The molecule has 2 heterocycles. The van der Waals surface area contributed by atoms with E-state index in [1.807, 2.05) is 0 Å². The van der Waals surface area contributed by atoms with E-state index >= 15 is 0 Å². The molecular weight excluding hydrogens is 376 g/mol. The summed E-state index contributed by atoms with van der Waals surface area (Å²) in [6.45, 7) is 3.68. The maximum atomic E-state index is 12.5. The predicted octanol–water partition coefficient (Wildman–Crippen LogP) is 2.77. The van der Waals surface area contributed by atoms with E-state index in [4.69, 9.17) is 0 Å². The molecule has 2 fully saturated rings. The molecule has 0 spiro atoms. The minimum absolute atomic E-state index is 0.117. The number of piperidine rings is 1. The monoisotopic (exact) mass is 412 g/mol. The molecule has 0 bridgehead atoms. The van der Waals surface area contributed by atoms with Crippen molar-refractivity contribution in [2.75, 3.05) is 38.1 Å². The number of anilines is 1. The van der Waals surface area contributed by atoms with Gasteiger partial charge in [0, 0.05) is 31.9 Å². The third-order valence-corrected chi connectivity index (χ3v) is 7.02. The van der Waals surface area contributed by atoms with E-state index in [1.54, 1.807) is 0 Å². The van der Waals surface area contributed by atoms with E-state index in [0.29, 0.717) is 6.54 Å². The molecule has 6 nitrogen and oxygen atoms in total. The zero-order valence-electron chi connectivity index (χ0n) is 18.3. The van der Waals surface area contributed by atoms with Gasteiger partial charge in [-0.25, -0.2) is 0 Å². The van der Waals surface area contributed by atoms with Crippen molar-refractivity contribution in [3.05, 3.63) is 29.3 Å². The lowest BCUT2D eigenvalue weighted by atomic mass is 9.95. The summed E-state index contributed by atoms with van der Waals surface area (Å²) in [5.41, 5.74) is 3.97. The van der Waals surface area contributed by atoms with Gasteiger partial charge < -0.3 is 15.5 Å². The first-order valence-electron chi connectivity index (χ1n) is 11.8. The Balaban J connectivity index is 1.45. The molecule has 0 unspecified atom stereocenters. The van der Waals surface area contributed by atoms with Crippen molar-refractivity contribution in [2.45, 2.75) is 69.9 Å². The molecule has 6 heteroatoms. The topological polar surface area (TPSA) is 64.7 Å². The molecule has 2 aliphatic heterocycles. The Labute approximate surface area is 180 Å². The zero-order chi connectivity index (χ0) is 20.9. The molecule has 1 aromatic rings. The third kappa shape index (κ3) is 4.97. The predicted molar refractivity (Wildman–Crippen MR) is 120 cm³/mol. The molecule has 1 aliphatic carbocycles. The molecule has 1 atom stereocenters. The molecule has 2 N–H and O–H groups in total. The first-order valence-corrected chi connectivity index (χ1v) is 11.8. The summed E-state index contributed by atoms with van der Waals surface area (Å²) in [6, 6.07) is 7.06. The highest BCUT2D eigenvalue weighted by atomic mass is 16.2. The highest BCUT2D eigenvalue weighted by Gasteiger charge is 2.27. The quantitative estimate of drug-likeness (QED) is 0.730. The van der Waals surface area contributed by atoms with Gasteiger partial charge in [-0.3, -0.25) is 14.5 Å². The molecule has 3 aliphatic rings. The van der Waals surface area contributed by atoms with Gasteiger partial charge in [-0.15, -0.1) is 0 Å². The van der Waals surface area contributed by atoms with Gasteiger partial charge in [-0.05, 0) is 68.8 Å². The largest absolute Gasteiger partial charge is 0.374 e. The molecule has 0 aromatic heterocycles. The van der Waals surface area contributed by atoms with Crippen LogP contribution in [-0.2, 0) is 16.0 Å². The number of fused-ring (bicyclic) bond motifs is 1. The summed E-state index contributed by atoms with van der Waals surface area (Å²) in [6.07, 6.45) is 10.2. The Morgan fingerprint density at radius 2 is 1.77 bits per heavy atom. The Morgan fingerprint density at radius 1 is 1.00 bits per heavy atom. The van der Waals surface area contributed by atoms with Gasteiger partial charge in [0.1, 0.15) is 0 Å². The van der Waals surface area contributed by atoms with Crippen molar-refractivity contribution >= 4 is 17.5 Å². The second kappa shape index (κ2) is 9.82. The van der Waals surface area contributed by atoms with E-state index in [0.717, 1.165) is 51.7 Å². The number of likely N-dealkylation sites (tertiary alicyclic amines) is 1. The summed E-state index contributed by atoms with van der Waals surface area (Å²) in [7, 11) is 2.16. The van der Waals surface area contributed by atoms with Gasteiger partial charge in [-0.1, -0.05) is 31.4 Å². The van der Waals surface area contributed by atoms with Crippen molar-refractivity contribution in [3.8, 4) is 0 Å². The number of rotatable bonds is 5. The van der Waals surface area contributed by atoms with Crippen molar-refractivity contribution < 1.29 is 9.59 Å². The van der Waals surface area contributed by atoms with Crippen LogP contribution in [0.4, 0.5) is 5.69 Å². The minimum Gasteiger partial charge on any atom is -0.374 e. The van der Waals surface area contributed by atoms with Gasteiger partial charge in [-0.2, -0.15) is 0 Å². The highest BCUT2D eigenvalue weighted by Crippen LogP contribution is 2.31. The number of benzene rings is 1. The maximum absolute atomic E-state index is 12.5. The first kappa shape index (κ1) is 21.2. The van der Waals surface area contributed by atoms with Gasteiger partial charge >= 0.3 is 11.8 Å². The highest BCUT2D eigenvalue weighted by molar-refractivity contribution is 6.35. The fourth-order valence-electron chi connectivity index (χ4n) is 5.29. The normalized spacial score (nSPS) is 21.2. The molecule has 4 rings (SSSR count). The van der Waals surface area contributed by atoms with E-state index in [2.05, 4.69) is 45.7 Å². The van der Waals surface area contributed by atoms with Crippen molar-refractivity contribution in [2.24, 2.45) is 0 Å². The lowest BCUT2D eigenvalue weighted by molar-refractivity contribution is -0.139. The molecule has 0 radical (unpaired) electrons. The van der Waals surface area contributed by atoms with E-state index < -0.39 is 11.8 Å². The Morgan fingerprint density at radius 3 is 2.53 bits per heavy atom. The van der Waals surface area contributed by atoms with Crippen LogP contribution in [0, 0.1) is 0 Å². The maximum Gasteiger partial charge on any atom is 0.309 e. The molecular formula is C24H36N4O2. The molecule has 1 saturated carbocycles. The summed E-state index contributed by atoms with van der Waals surface area (Å²) >= 11 is 0. The van der Waals surface area contributed by atoms with Crippen LogP contribution in [0.2, 0.25) is 0 Å². The Bertz CT molecular complexity index is 754. The Kier molecular flexibility index (Phi) is 6.93. The van der Waals surface area contributed by atoms with E-state index in [-0.39, 0.29) is 12.1 Å². The fourth-order valence-corrected chi connectivity index (χ4v) is 5.29. The van der Waals surface area contributed by atoms with Crippen molar-refractivity contribution in [3.63, 3.8) is 0 Å². The zero-order valence-corrected chi connectivity index (χ0v) is 18.3. The average molecular weight is 413 g/mol. The second-order valence-electron chi connectivity index (χ2n) is 9.19. The van der Waals surface area contributed by atoms with Crippen LogP contribution < -0.4 is 15.5 Å². The molecule has 164 valence electrons. The lowest BCUT2D eigenvalue weighted by Crippen LogP contribution is -2.47. The number of carbonyl (C=O) groups is 2. The van der Waals surface area contributed by atoms with Crippen molar-refractivity contribution in [1.82, 2.24) is 15.5 Å². The van der Waals surface area contributed by atoms with Gasteiger partial charge in [0.25, 0.3) is 0 Å². The number of hydrogen-bond acceptors (Lipinski definition) is 4. The fraction of sp³-hybridized carbons (Fsp3) is 0.667. The summed E-state index contributed by atoms with van der Waals surface area (Å²) < 4.78 is 0. The number of carbonyl (C=O) groups excluding carboxylic acids is 2. The summed E-state index contributed by atoms with van der Waals surface area (Å²) in [5, 5.41) is 5.84. The number of amides is 2. The molecule has 1 saturated heterocycles. The van der Waals surface area contributed by atoms with E-state index in [9.17, 15) is 9.59 Å². The van der Waals surface area contributed by atoms with Gasteiger partial charge in [0.05, 0.1) is 6.04 Å². The SMILES string of the molecule is CN1CCCc2cc([C@@H](CNC(=O)C(=O)NC3CCCC3)N3CCCCC3)ccc21. The van der Waals surface area contributed by atoms with Crippen LogP contribution in [0.5, 0.6) is 0 Å². The molecule has 2 amide bonds. The smallest absolute Gasteiger partial charge is 0.309 e. The standard InChI is InChI=1S/C24H36N4O2/c1-27-13-7-8-18-16-19(11-12-21(18)27)22(28-14-5-2-6-15-28)17-25-23(29)24(30)26-20-9-3-4-10-20/h11-12,16,20,22H,2-10,13-15,17H2,1H3,(H,25,29)(H,26,30)/t22-/m1/s1. The van der Waals surface area contributed by atoms with Crippen LogP contribution >= 0.6 is 0 Å². The van der Waals surface area contributed by atoms with Crippen molar-refractivity contribution in [1.29, 1.82) is 0 Å². The van der Waals surface area contributed by atoms with Gasteiger partial charge in [0.2, 0.25) is 0 Å². The van der Waals surface area contributed by atoms with Gasteiger partial charge in [0.15, 0.2) is 0 Å². The van der Waals surface area contributed by atoms with Crippen LogP contribution in [0.3, 0.4) is 0 Å². The Hall–Kier alpha value is -2.08. The van der Waals surface area contributed by atoms with Crippen LogP contribution in [0.15, 0.2) is 18.2 Å². The number of hydrogen-bond donors (Lipinski definition) is 2. The third-order valence-electron chi connectivity index (χ3n) is 7.02. The number of aryl methyl sites for hydroxylation is 1. The first-order chi connectivity index (χ1) is 14.6. The van der Waals surface area contributed by atoms with Crippen LogP contribution in [-0.4, -0.2) is 56.0 Å². The molecule has 1 aromatic carbocycles. The second-order valence-corrected chi connectivity index (χ2v) is 9.19. The van der Waals surface area contributed by atoms with Crippen LogP contribution in [0.1, 0.15) is 68.5 Å².